The molecule has 1 aliphatic rings. The van der Waals surface area contributed by atoms with E-state index in [0.717, 1.165) is 25.3 Å². The first-order valence-corrected chi connectivity index (χ1v) is 7.59. The topological polar surface area (TPSA) is 66.7 Å². The molecule has 2 N–H and O–H groups in total. The normalized spacial score (nSPS) is 16.8. The number of rotatable bonds is 8. The fraction of sp³-hybridized carbons (Fsp3) is 0.667. The van der Waals surface area contributed by atoms with Crippen molar-refractivity contribution in [2.45, 2.75) is 25.3 Å². The maximum absolute atomic E-state index is 11.8. The van der Waals surface area contributed by atoms with Gasteiger partial charge in [0.05, 0.1) is 12.3 Å². The zero-order chi connectivity index (χ0) is 14.9. The van der Waals surface area contributed by atoms with Crippen LogP contribution in [0, 0.1) is 0 Å². The second kappa shape index (κ2) is 8.69. The molecule has 2 rings (SSSR count). The van der Waals surface area contributed by atoms with Crippen LogP contribution in [-0.2, 0) is 4.74 Å². The van der Waals surface area contributed by atoms with Gasteiger partial charge in [-0.2, -0.15) is 0 Å². The Bertz CT molecular complexity index is 402. The summed E-state index contributed by atoms with van der Waals surface area (Å²) >= 11 is 0. The van der Waals surface area contributed by atoms with Gasteiger partial charge >= 0.3 is 6.03 Å². The third-order valence-corrected chi connectivity index (χ3v) is 3.72. The molecule has 6 heteroatoms. The van der Waals surface area contributed by atoms with Gasteiger partial charge in [0.25, 0.3) is 0 Å². The average Bonchev–Trinajstić information content (AvgIpc) is 3.17. The van der Waals surface area contributed by atoms with E-state index in [0.29, 0.717) is 19.7 Å². The highest BCUT2D eigenvalue weighted by molar-refractivity contribution is 5.73. The van der Waals surface area contributed by atoms with Crippen molar-refractivity contribution in [3.8, 4) is 0 Å². The van der Waals surface area contributed by atoms with Crippen LogP contribution in [0.15, 0.2) is 22.8 Å². The Balaban J connectivity index is 1.78. The number of carbonyl (C=O) groups is 1. The molecule has 2 heterocycles. The molecule has 1 aromatic rings. The van der Waals surface area contributed by atoms with Crippen molar-refractivity contribution in [1.29, 1.82) is 0 Å². The van der Waals surface area contributed by atoms with Gasteiger partial charge in [-0.3, -0.25) is 4.90 Å². The lowest BCUT2D eigenvalue weighted by molar-refractivity contribution is 0.191. The number of likely N-dealkylation sites (tertiary alicyclic amines) is 1. The molecule has 0 radical (unpaired) electrons. The number of ether oxygens (including phenoxy) is 1. The average molecular weight is 295 g/mol. The summed E-state index contributed by atoms with van der Waals surface area (Å²) in [5.74, 6) is 0.914. The van der Waals surface area contributed by atoms with Crippen LogP contribution in [0.4, 0.5) is 4.79 Å². The molecule has 1 saturated heterocycles. The summed E-state index contributed by atoms with van der Waals surface area (Å²) in [5, 5.41) is 5.76. The first-order valence-electron chi connectivity index (χ1n) is 7.59. The predicted octanol–water partition coefficient (Wildman–Crippen LogP) is 1.75. The lowest BCUT2D eigenvalue weighted by Crippen LogP contribution is -2.41. The fourth-order valence-electron chi connectivity index (χ4n) is 2.61. The van der Waals surface area contributed by atoms with Crippen molar-refractivity contribution in [3.05, 3.63) is 24.2 Å². The summed E-state index contributed by atoms with van der Waals surface area (Å²) in [6.45, 7) is 3.95. The van der Waals surface area contributed by atoms with Crippen LogP contribution in [0.1, 0.15) is 31.1 Å². The predicted molar refractivity (Wildman–Crippen MR) is 80.2 cm³/mol. The molecule has 1 atom stereocenters. The van der Waals surface area contributed by atoms with E-state index in [1.165, 1.54) is 12.8 Å². The van der Waals surface area contributed by atoms with Crippen molar-refractivity contribution in [2.75, 3.05) is 39.9 Å². The van der Waals surface area contributed by atoms with Crippen LogP contribution in [0.2, 0.25) is 0 Å². The Kier molecular flexibility index (Phi) is 6.56. The number of nitrogens with one attached hydrogen (secondary N) is 2. The monoisotopic (exact) mass is 295 g/mol. The van der Waals surface area contributed by atoms with Crippen molar-refractivity contribution >= 4 is 6.03 Å². The number of hydrogen-bond donors (Lipinski definition) is 2. The first kappa shape index (κ1) is 15.9. The molecular formula is C15H25N3O3. The molecule has 2 amide bonds. The number of methoxy groups -OCH3 is 1. The summed E-state index contributed by atoms with van der Waals surface area (Å²) < 4.78 is 10.5. The van der Waals surface area contributed by atoms with Crippen LogP contribution in [-0.4, -0.2) is 50.8 Å². The van der Waals surface area contributed by atoms with Crippen molar-refractivity contribution < 1.29 is 13.9 Å². The summed E-state index contributed by atoms with van der Waals surface area (Å²) in [4.78, 5) is 14.1. The molecule has 0 bridgehead atoms. The smallest absolute Gasteiger partial charge is 0.314 e. The number of amides is 2. The third kappa shape index (κ3) is 5.06. The van der Waals surface area contributed by atoms with Crippen molar-refractivity contribution in [3.63, 3.8) is 0 Å². The van der Waals surface area contributed by atoms with Crippen LogP contribution >= 0.6 is 0 Å². The van der Waals surface area contributed by atoms with Gasteiger partial charge in [-0.25, -0.2) is 4.79 Å². The lowest BCUT2D eigenvalue weighted by Gasteiger charge is -2.26. The lowest BCUT2D eigenvalue weighted by atomic mass is 10.2. The van der Waals surface area contributed by atoms with E-state index in [9.17, 15) is 4.79 Å². The maximum Gasteiger partial charge on any atom is 0.314 e. The molecule has 6 nitrogen and oxygen atoms in total. The number of nitrogens with zero attached hydrogens (tertiary/aromatic N) is 1. The van der Waals surface area contributed by atoms with Gasteiger partial charge in [-0.1, -0.05) is 0 Å². The molecule has 1 fully saturated rings. The minimum atomic E-state index is -0.137. The second-order valence-corrected chi connectivity index (χ2v) is 5.26. The van der Waals surface area contributed by atoms with Crippen LogP contribution < -0.4 is 10.6 Å². The second-order valence-electron chi connectivity index (χ2n) is 5.26. The molecule has 1 unspecified atom stereocenters. The molecule has 0 aromatic carbocycles. The summed E-state index contributed by atoms with van der Waals surface area (Å²) in [7, 11) is 1.66. The van der Waals surface area contributed by atoms with Gasteiger partial charge in [-0.15, -0.1) is 0 Å². The summed E-state index contributed by atoms with van der Waals surface area (Å²) in [6, 6.07) is 3.85. The highest BCUT2D eigenvalue weighted by Gasteiger charge is 2.25. The highest BCUT2D eigenvalue weighted by atomic mass is 16.5. The maximum atomic E-state index is 11.8. The molecule has 1 aliphatic heterocycles. The molecule has 21 heavy (non-hydrogen) atoms. The largest absolute Gasteiger partial charge is 0.468 e. The van der Waals surface area contributed by atoms with Gasteiger partial charge in [0.2, 0.25) is 0 Å². The minimum Gasteiger partial charge on any atom is -0.468 e. The highest BCUT2D eigenvalue weighted by Crippen LogP contribution is 2.24. The Morgan fingerprint density at radius 3 is 2.90 bits per heavy atom. The van der Waals surface area contributed by atoms with E-state index in [1.807, 2.05) is 12.1 Å². The number of hydrogen-bond acceptors (Lipinski definition) is 4. The minimum absolute atomic E-state index is 0.118. The van der Waals surface area contributed by atoms with Crippen LogP contribution in [0.25, 0.3) is 0 Å². The molecule has 0 aliphatic carbocycles. The summed E-state index contributed by atoms with van der Waals surface area (Å²) in [5.41, 5.74) is 0. The first-order chi connectivity index (χ1) is 10.3. The Morgan fingerprint density at radius 1 is 1.43 bits per heavy atom. The van der Waals surface area contributed by atoms with E-state index < -0.39 is 0 Å². The van der Waals surface area contributed by atoms with E-state index >= 15 is 0 Å². The van der Waals surface area contributed by atoms with E-state index in [2.05, 4.69) is 15.5 Å². The molecular weight excluding hydrogens is 270 g/mol. The Morgan fingerprint density at radius 2 is 2.24 bits per heavy atom. The third-order valence-electron chi connectivity index (χ3n) is 3.72. The van der Waals surface area contributed by atoms with E-state index in [-0.39, 0.29) is 12.1 Å². The van der Waals surface area contributed by atoms with Crippen LogP contribution in [0.5, 0.6) is 0 Å². The Labute approximate surface area is 125 Å². The Hall–Kier alpha value is -1.53. The molecule has 118 valence electrons. The van der Waals surface area contributed by atoms with Gasteiger partial charge < -0.3 is 19.8 Å². The van der Waals surface area contributed by atoms with Crippen molar-refractivity contribution in [2.24, 2.45) is 0 Å². The van der Waals surface area contributed by atoms with Gasteiger partial charge in [-0.05, 0) is 44.5 Å². The zero-order valence-electron chi connectivity index (χ0n) is 12.6. The van der Waals surface area contributed by atoms with E-state index in [4.69, 9.17) is 9.15 Å². The quantitative estimate of drug-likeness (QED) is 0.717. The van der Waals surface area contributed by atoms with Crippen molar-refractivity contribution in [1.82, 2.24) is 15.5 Å². The van der Waals surface area contributed by atoms with Crippen LogP contribution in [0.3, 0.4) is 0 Å². The number of furan rings is 1. The fourth-order valence-corrected chi connectivity index (χ4v) is 2.61. The summed E-state index contributed by atoms with van der Waals surface area (Å²) in [6.07, 6.45) is 4.92. The number of urea groups is 1. The van der Waals surface area contributed by atoms with Gasteiger partial charge in [0, 0.05) is 26.8 Å². The molecule has 1 aromatic heterocycles. The SMILES string of the molecule is COCCCNC(=O)NCC(c1ccco1)N1CCCC1. The standard InChI is InChI=1S/C15H25N3O3/c1-20-10-5-7-16-15(19)17-12-13(14-6-4-11-21-14)18-8-2-3-9-18/h4,6,11,13H,2-3,5,7-10,12H2,1H3,(H2,16,17,19). The number of carbonyl (C=O) groups excluding carboxylic acids is 1. The van der Waals surface area contributed by atoms with Gasteiger partial charge in [0.15, 0.2) is 0 Å². The zero-order valence-corrected chi connectivity index (χ0v) is 12.6. The molecule has 0 saturated carbocycles. The van der Waals surface area contributed by atoms with Gasteiger partial charge in [0.1, 0.15) is 5.76 Å². The molecule has 0 spiro atoms. The van der Waals surface area contributed by atoms with E-state index in [1.54, 1.807) is 13.4 Å².